The van der Waals surface area contributed by atoms with Gasteiger partial charge in [0.1, 0.15) is 6.10 Å². The largest absolute Gasteiger partial charge is 0.473 e. The third-order valence-corrected chi connectivity index (χ3v) is 5.01. The van der Waals surface area contributed by atoms with E-state index in [1.54, 1.807) is 16.9 Å². The van der Waals surface area contributed by atoms with Gasteiger partial charge in [-0.05, 0) is 36.4 Å². The van der Waals surface area contributed by atoms with Crippen LogP contribution in [0.25, 0.3) is 5.82 Å². The fourth-order valence-corrected chi connectivity index (χ4v) is 3.33. The van der Waals surface area contributed by atoms with Gasteiger partial charge < -0.3 is 14.5 Å². The Hall–Kier alpha value is -3.42. The van der Waals surface area contributed by atoms with Gasteiger partial charge in [-0.2, -0.15) is 5.10 Å². The second-order valence-electron chi connectivity index (χ2n) is 7.23. The van der Waals surface area contributed by atoms with Crippen LogP contribution in [0.3, 0.4) is 0 Å². The summed E-state index contributed by atoms with van der Waals surface area (Å²) in [7, 11) is 3.97. The molecule has 2 aromatic heterocycles. The van der Waals surface area contributed by atoms with Crippen molar-refractivity contribution in [3.05, 3.63) is 60.4 Å². The molecular formula is C21H24N6O2. The fourth-order valence-electron chi connectivity index (χ4n) is 3.33. The van der Waals surface area contributed by atoms with Crippen molar-refractivity contribution < 1.29 is 9.53 Å². The SMILES string of the molecule is CN(C)c1ccc(C(=O)N2CCC(Oc3ccc(-n4cccn4)nn3)CC2)cc1. The first-order chi connectivity index (χ1) is 14.1. The number of hydrogen-bond donors (Lipinski definition) is 0. The normalized spacial score (nSPS) is 14.6. The first-order valence-corrected chi connectivity index (χ1v) is 9.67. The van der Waals surface area contributed by atoms with Crippen LogP contribution >= 0.6 is 0 Å². The smallest absolute Gasteiger partial charge is 0.253 e. The molecule has 3 heterocycles. The molecule has 0 saturated carbocycles. The van der Waals surface area contributed by atoms with Gasteiger partial charge in [-0.15, -0.1) is 10.2 Å². The van der Waals surface area contributed by atoms with Crippen LogP contribution in [0.4, 0.5) is 5.69 Å². The van der Waals surface area contributed by atoms with Crippen molar-refractivity contribution in [2.45, 2.75) is 18.9 Å². The number of ether oxygens (including phenoxy) is 1. The quantitative estimate of drug-likeness (QED) is 0.664. The molecule has 4 rings (SSSR count). The third-order valence-electron chi connectivity index (χ3n) is 5.01. The number of piperidine rings is 1. The molecule has 1 saturated heterocycles. The lowest BCUT2D eigenvalue weighted by molar-refractivity contribution is 0.0586. The minimum Gasteiger partial charge on any atom is -0.473 e. The summed E-state index contributed by atoms with van der Waals surface area (Å²) in [4.78, 5) is 16.6. The zero-order valence-electron chi connectivity index (χ0n) is 16.6. The topological polar surface area (TPSA) is 76.4 Å². The van der Waals surface area contributed by atoms with Gasteiger partial charge in [-0.1, -0.05) is 0 Å². The number of carbonyl (C=O) groups is 1. The predicted molar refractivity (Wildman–Crippen MR) is 109 cm³/mol. The van der Waals surface area contributed by atoms with Crippen molar-refractivity contribution in [3.63, 3.8) is 0 Å². The highest BCUT2D eigenvalue weighted by Gasteiger charge is 2.25. The van der Waals surface area contributed by atoms with Crippen LogP contribution in [0.2, 0.25) is 0 Å². The monoisotopic (exact) mass is 392 g/mol. The van der Waals surface area contributed by atoms with Crippen LogP contribution in [-0.4, -0.2) is 64.1 Å². The second-order valence-corrected chi connectivity index (χ2v) is 7.23. The maximum Gasteiger partial charge on any atom is 0.253 e. The van der Waals surface area contributed by atoms with Crippen LogP contribution in [0, 0.1) is 0 Å². The van der Waals surface area contributed by atoms with Gasteiger partial charge in [0.05, 0.1) is 0 Å². The van der Waals surface area contributed by atoms with Gasteiger partial charge in [-0.3, -0.25) is 4.79 Å². The zero-order chi connectivity index (χ0) is 20.2. The summed E-state index contributed by atoms with van der Waals surface area (Å²) in [5.74, 6) is 1.20. The van der Waals surface area contributed by atoms with E-state index in [4.69, 9.17) is 4.74 Å². The summed E-state index contributed by atoms with van der Waals surface area (Å²) < 4.78 is 7.60. The Morgan fingerprint density at radius 3 is 2.41 bits per heavy atom. The van der Waals surface area contributed by atoms with Crippen molar-refractivity contribution in [1.82, 2.24) is 24.9 Å². The highest BCUT2D eigenvalue weighted by molar-refractivity contribution is 5.94. The minimum atomic E-state index is 0.0278. The van der Waals surface area contributed by atoms with E-state index >= 15 is 0 Å². The number of nitrogens with zero attached hydrogens (tertiary/aromatic N) is 6. The Morgan fingerprint density at radius 2 is 1.83 bits per heavy atom. The van der Waals surface area contributed by atoms with Gasteiger partial charge in [0, 0.05) is 69.7 Å². The molecule has 150 valence electrons. The van der Waals surface area contributed by atoms with Crippen molar-refractivity contribution in [3.8, 4) is 11.7 Å². The average molecular weight is 392 g/mol. The van der Waals surface area contributed by atoms with E-state index in [1.807, 2.05) is 66.5 Å². The number of anilines is 1. The molecule has 1 aliphatic heterocycles. The molecule has 1 fully saturated rings. The highest BCUT2D eigenvalue weighted by Crippen LogP contribution is 2.20. The number of aromatic nitrogens is 4. The Labute approximate surface area is 169 Å². The van der Waals surface area contributed by atoms with Gasteiger partial charge in [0.15, 0.2) is 5.82 Å². The molecule has 0 aliphatic carbocycles. The maximum atomic E-state index is 12.7. The molecule has 8 nitrogen and oxygen atoms in total. The first-order valence-electron chi connectivity index (χ1n) is 9.67. The molecule has 0 bridgehead atoms. The standard InChI is InChI=1S/C21H24N6O2/c1-25(2)17-6-4-16(5-7-17)21(28)26-14-10-18(11-15-26)29-20-9-8-19(23-24-20)27-13-3-12-22-27/h3-9,12-13,18H,10-11,14-15H2,1-2H3. The zero-order valence-corrected chi connectivity index (χ0v) is 16.6. The molecule has 0 atom stereocenters. The van der Waals surface area contributed by atoms with E-state index < -0.39 is 0 Å². The van der Waals surface area contributed by atoms with Crippen LogP contribution in [0.5, 0.6) is 5.88 Å². The second kappa shape index (κ2) is 8.30. The van der Waals surface area contributed by atoms with E-state index in [1.165, 1.54) is 0 Å². The number of benzene rings is 1. The van der Waals surface area contributed by atoms with Crippen molar-refractivity contribution in [2.24, 2.45) is 0 Å². The van der Waals surface area contributed by atoms with Crippen molar-refractivity contribution in [2.75, 3.05) is 32.1 Å². The molecule has 3 aromatic rings. The van der Waals surface area contributed by atoms with Crippen LogP contribution in [0.1, 0.15) is 23.2 Å². The van der Waals surface area contributed by atoms with Crippen LogP contribution < -0.4 is 9.64 Å². The number of rotatable bonds is 5. The lowest BCUT2D eigenvalue weighted by Gasteiger charge is -2.32. The fraction of sp³-hybridized carbons (Fsp3) is 0.333. The molecule has 8 heteroatoms. The Kier molecular flexibility index (Phi) is 5.41. The van der Waals surface area contributed by atoms with Gasteiger partial charge in [0.2, 0.25) is 5.88 Å². The maximum absolute atomic E-state index is 12.7. The Bertz CT molecular complexity index is 930. The number of likely N-dealkylation sites (tertiary alicyclic amines) is 1. The Balaban J connectivity index is 1.30. The van der Waals surface area contributed by atoms with Gasteiger partial charge in [0.25, 0.3) is 5.91 Å². The van der Waals surface area contributed by atoms with E-state index in [9.17, 15) is 4.79 Å². The van der Waals surface area contributed by atoms with Crippen LogP contribution in [0.15, 0.2) is 54.9 Å². The molecule has 1 aromatic carbocycles. The summed E-state index contributed by atoms with van der Waals surface area (Å²) in [6.07, 6.45) is 5.07. The summed E-state index contributed by atoms with van der Waals surface area (Å²) in [5, 5.41) is 12.4. The van der Waals surface area contributed by atoms with Gasteiger partial charge >= 0.3 is 0 Å². The van der Waals surface area contributed by atoms with Gasteiger partial charge in [-0.25, -0.2) is 4.68 Å². The lowest BCUT2D eigenvalue weighted by Crippen LogP contribution is -2.41. The number of carbonyl (C=O) groups excluding carboxylic acids is 1. The summed E-state index contributed by atoms with van der Waals surface area (Å²) in [6, 6.07) is 13.2. The van der Waals surface area contributed by atoms with Crippen LogP contribution in [-0.2, 0) is 0 Å². The molecule has 0 unspecified atom stereocenters. The van der Waals surface area contributed by atoms with Crippen molar-refractivity contribution >= 4 is 11.6 Å². The lowest BCUT2D eigenvalue weighted by atomic mass is 10.1. The Morgan fingerprint density at radius 1 is 1.07 bits per heavy atom. The molecule has 1 amide bonds. The summed E-state index contributed by atoms with van der Waals surface area (Å²) in [5.41, 5.74) is 1.79. The number of amides is 1. The van der Waals surface area contributed by atoms with Crippen molar-refractivity contribution in [1.29, 1.82) is 0 Å². The van der Waals surface area contributed by atoms with E-state index in [0.29, 0.717) is 24.8 Å². The molecule has 0 N–H and O–H groups in total. The first kappa shape index (κ1) is 18.9. The molecule has 29 heavy (non-hydrogen) atoms. The van der Waals surface area contributed by atoms with E-state index in [-0.39, 0.29) is 12.0 Å². The minimum absolute atomic E-state index is 0.0278. The van der Waals surface area contributed by atoms with E-state index in [0.717, 1.165) is 24.1 Å². The highest BCUT2D eigenvalue weighted by atomic mass is 16.5. The molecule has 1 aliphatic rings. The van der Waals surface area contributed by atoms with E-state index in [2.05, 4.69) is 15.3 Å². The predicted octanol–water partition coefficient (Wildman–Crippen LogP) is 2.41. The summed E-state index contributed by atoms with van der Waals surface area (Å²) in [6.45, 7) is 1.33. The molecule has 0 spiro atoms. The number of hydrogen-bond acceptors (Lipinski definition) is 6. The molecular weight excluding hydrogens is 368 g/mol. The third kappa shape index (κ3) is 4.37. The summed E-state index contributed by atoms with van der Waals surface area (Å²) >= 11 is 0. The average Bonchev–Trinajstić information content (AvgIpc) is 3.29. The molecule has 0 radical (unpaired) electrons.